The van der Waals surface area contributed by atoms with Crippen molar-refractivity contribution in [2.45, 2.75) is 26.2 Å². The van der Waals surface area contributed by atoms with Gasteiger partial charge in [0.15, 0.2) is 0 Å². The number of esters is 1. The van der Waals surface area contributed by atoms with E-state index < -0.39 is 5.97 Å². The number of halogens is 1. The zero-order valence-corrected chi connectivity index (χ0v) is 25.2. The summed E-state index contributed by atoms with van der Waals surface area (Å²) in [6.07, 6.45) is 7.10. The number of ether oxygens (including phenoxy) is 2. The fourth-order valence-corrected chi connectivity index (χ4v) is 6.25. The molecule has 1 atom stereocenters. The number of fused-ring (bicyclic) bond motifs is 1. The van der Waals surface area contributed by atoms with Crippen molar-refractivity contribution in [1.29, 1.82) is 0 Å². The van der Waals surface area contributed by atoms with Crippen LogP contribution >= 0.6 is 11.6 Å². The first-order valence-electron chi connectivity index (χ1n) is 14.6. The Morgan fingerprint density at radius 1 is 1.09 bits per heavy atom. The molecular weight excluding hydrogens is 564 g/mol. The molecule has 0 spiro atoms. The molecule has 1 aliphatic heterocycles. The highest BCUT2D eigenvalue weighted by atomic mass is 35.5. The van der Waals surface area contributed by atoms with Crippen molar-refractivity contribution < 1.29 is 19.1 Å². The number of benzene rings is 2. The molecule has 1 fully saturated rings. The van der Waals surface area contributed by atoms with Crippen LogP contribution < -0.4 is 9.64 Å². The number of aromatic nitrogens is 2. The summed E-state index contributed by atoms with van der Waals surface area (Å²) in [6, 6.07) is 17.5. The van der Waals surface area contributed by atoms with Gasteiger partial charge in [0.05, 0.1) is 13.3 Å². The van der Waals surface area contributed by atoms with E-state index >= 15 is 0 Å². The van der Waals surface area contributed by atoms with Crippen LogP contribution in [-0.4, -0.2) is 67.0 Å². The molecule has 0 bridgehead atoms. The Morgan fingerprint density at radius 2 is 1.88 bits per heavy atom. The summed E-state index contributed by atoms with van der Waals surface area (Å²) in [5.74, 6) is 0.511. The average Bonchev–Trinajstić information content (AvgIpc) is 3.50. The summed E-state index contributed by atoms with van der Waals surface area (Å²) in [5, 5.41) is 1.65. The number of H-pyrrole nitrogens is 1. The number of pyridine rings is 1. The van der Waals surface area contributed by atoms with Gasteiger partial charge in [-0.25, -0.2) is 9.78 Å². The quantitative estimate of drug-likeness (QED) is 0.177. The molecule has 2 aromatic heterocycles. The summed E-state index contributed by atoms with van der Waals surface area (Å²) in [4.78, 5) is 36.8. The number of methoxy groups -OCH3 is 1. The smallest absolute Gasteiger partial charge is 0.341 e. The lowest BCUT2D eigenvalue weighted by atomic mass is 9.72. The first-order valence-corrected chi connectivity index (χ1v) is 15.0. The van der Waals surface area contributed by atoms with Crippen LogP contribution in [0.5, 0.6) is 11.5 Å². The topological polar surface area (TPSA) is 87.8 Å². The van der Waals surface area contributed by atoms with Crippen LogP contribution in [0.25, 0.3) is 16.6 Å². The number of piperazine rings is 1. The van der Waals surface area contributed by atoms with Crippen molar-refractivity contribution in [3.63, 3.8) is 0 Å². The number of nitrogens with zero attached hydrogens (tertiary/aromatic N) is 3. The van der Waals surface area contributed by atoms with Crippen LogP contribution in [0.3, 0.4) is 0 Å². The van der Waals surface area contributed by atoms with Crippen molar-refractivity contribution in [3.8, 4) is 11.5 Å². The summed E-state index contributed by atoms with van der Waals surface area (Å²) in [5.41, 5.74) is 5.64. The lowest BCUT2D eigenvalue weighted by Crippen LogP contribution is -2.47. The van der Waals surface area contributed by atoms with Gasteiger partial charge in [-0.1, -0.05) is 36.2 Å². The lowest BCUT2D eigenvalue weighted by molar-refractivity contribution is -0.115. The molecule has 4 aromatic rings. The highest BCUT2D eigenvalue weighted by Crippen LogP contribution is 2.42. The van der Waals surface area contributed by atoms with Gasteiger partial charge in [-0.05, 0) is 66.8 Å². The van der Waals surface area contributed by atoms with Gasteiger partial charge in [0.2, 0.25) is 0 Å². The summed E-state index contributed by atoms with van der Waals surface area (Å²) in [6.45, 7) is 6.29. The Hall–Kier alpha value is -4.14. The number of anilines is 1. The molecule has 6 rings (SSSR count). The molecule has 0 radical (unpaired) electrons. The second kappa shape index (κ2) is 12.2. The molecule has 1 N–H and O–H groups in total. The van der Waals surface area contributed by atoms with E-state index in [9.17, 15) is 9.59 Å². The largest absolute Gasteiger partial charge is 0.465 e. The molecule has 9 heteroatoms. The number of aldehydes is 1. The van der Waals surface area contributed by atoms with E-state index in [1.54, 1.807) is 12.3 Å². The number of carbonyl (C=O) groups excluding carboxylic acids is 2. The highest BCUT2D eigenvalue weighted by molar-refractivity contribution is 6.30. The van der Waals surface area contributed by atoms with E-state index in [-0.39, 0.29) is 5.41 Å². The standard InChI is InChI=1S/C34H35ClN4O4/c1-34(22-40)11-9-29(23-3-5-26(35)6-4-23)25(19-34)21-38-13-15-39(16-14-38)27-7-8-30(33(41)42-2)31(18-27)43-28-17-24-10-12-36-32(24)37-20-28/h3-8,10,12,17-18,20,22H,9,11,13-16,19,21H2,1-2H3,(H,36,37). The Labute approximate surface area is 256 Å². The van der Waals surface area contributed by atoms with Crippen LogP contribution in [0.15, 0.2) is 72.6 Å². The van der Waals surface area contributed by atoms with Crippen molar-refractivity contribution in [2.24, 2.45) is 5.41 Å². The van der Waals surface area contributed by atoms with Crippen LogP contribution in [0.1, 0.15) is 42.1 Å². The minimum atomic E-state index is -0.457. The fraction of sp³-hybridized carbons (Fsp3) is 0.324. The molecule has 222 valence electrons. The van der Waals surface area contributed by atoms with Crippen LogP contribution in [-0.2, 0) is 9.53 Å². The van der Waals surface area contributed by atoms with E-state index in [0.29, 0.717) is 17.1 Å². The number of rotatable bonds is 8. The maximum Gasteiger partial charge on any atom is 0.341 e. The fourth-order valence-electron chi connectivity index (χ4n) is 6.13. The zero-order valence-electron chi connectivity index (χ0n) is 24.4. The summed E-state index contributed by atoms with van der Waals surface area (Å²) >= 11 is 6.16. The SMILES string of the molecule is COC(=O)c1ccc(N2CCN(CC3=C(c4ccc(Cl)cc4)CCC(C)(C=O)C3)CC2)cc1Oc1cnc2[nH]ccc2c1. The van der Waals surface area contributed by atoms with E-state index in [1.165, 1.54) is 23.8 Å². The Bertz CT molecular complexity index is 1670. The first kappa shape index (κ1) is 29.0. The number of carbonyl (C=O) groups is 2. The van der Waals surface area contributed by atoms with Gasteiger partial charge >= 0.3 is 5.97 Å². The Balaban J connectivity index is 1.19. The van der Waals surface area contributed by atoms with Gasteiger partial charge < -0.3 is 24.2 Å². The average molecular weight is 599 g/mol. The number of allylic oxidation sites excluding steroid dienone is 1. The van der Waals surface area contributed by atoms with Crippen molar-refractivity contribution in [1.82, 2.24) is 14.9 Å². The monoisotopic (exact) mass is 598 g/mol. The van der Waals surface area contributed by atoms with E-state index in [2.05, 4.69) is 38.8 Å². The molecule has 1 unspecified atom stereocenters. The lowest BCUT2D eigenvalue weighted by Gasteiger charge is -2.39. The van der Waals surface area contributed by atoms with Gasteiger partial charge in [-0.15, -0.1) is 0 Å². The number of hydrogen-bond acceptors (Lipinski definition) is 7. The van der Waals surface area contributed by atoms with E-state index in [1.807, 2.05) is 42.6 Å². The number of nitrogens with one attached hydrogen (secondary N) is 1. The Kier molecular flexibility index (Phi) is 8.23. The predicted molar refractivity (Wildman–Crippen MR) is 169 cm³/mol. The molecule has 1 saturated heterocycles. The molecule has 43 heavy (non-hydrogen) atoms. The van der Waals surface area contributed by atoms with Gasteiger partial charge in [-0.3, -0.25) is 4.90 Å². The molecule has 8 nitrogen and oxygen atoms in total. The molecule has 0 amide bonds. The highest BCUT2D eigenvalue weighted by Gasteiger charge is 2.32. The normalized spacial score (nSPS) is 19.5. The minimum Gasteiger partial charge on any atom is -0.465 e. The molecule has 1 aliphatic carbocycles. The molecule has 3 heterocycles. The first-order chi connectivity index (χ1) is 20.8. The number of hydrogen-bond donors (Lipinski definition) is 1. The molecular formula is C34H35ClN4O4. The van der Waals surface area contributed by atoms with Crippen LogP contribution in [0.2, 0.25) is 5.02 Å². The van der Waals surface area contributed by atoms with Gasteiger partial charge in [0, 0.05) is 66.5 Å². The summed E-state index contributed by atoms with van der Waals surface area (Å²) < 4.78 is 11.2. The Morgan fingerprint density at radius 3 is 2.63 bits per heavy atom. The molecule has 0 saturated carbocycles. The molecule has 2 aromatic carbocycles. The summed E-state index contributed by atoms with van der Waals surface area (Å²) in [7, 11) is 1.37. The second-order valence-corrected chi connectivity index (χ2v) is 12.1. The maximum atomic E-state index is 12.6. The minimum absolute atomic E-state index is 0.327. The van der Waals surface area contributed by atoms with Crippen LogP contribution in [0.4, 0.5) is 5.69 Å². The van der Waals surface area contributed by atoms with Crippen molar-refractivity contribution in [3.05, 3.63) is 88.7 Å². The van der Waals surface area contributed by atoms with Gasteiger partial charge in [0.25, 0.3) is 0 Å². The molecule has 2 aliphatic rings. The third-order valence-corrected chi connectivity index (χ3v) is 8.84. The zero-order chi connectivity index (χ0) is 30.0. The predicted octanol–water partition coefficient (Wildman–Crippen LogP) is 6.76. The van der Waals surface area contributed by atoms with E-state index in [4.69, 9.17) is 21.1 Å². The third kappa shape index (κ3) is 6.31. The van der Waals surface area contributed by atoms with Gasteiger partial charge in [-0.2, -0.15) is 0 Å². The third-order valence-electron chi connectivity index (χ3n) is 8.59. The van der Waals surface area contributed by atoms with Crippen molar-refractivity contribution in [2.75, 3.05) is 44.7 Å². The van der Waals surface area contributed by atoms with Crippen molar-refractivity contribution >= 4 is 46.2 Å². The van der Waals surface area contributed by atoms with Crippen LogP contribution in [0, 0.1) is 5.41 Å². The van der Waals surface area contributed by atoms with Gasteiger partial charge in [0.1, 0.15) is 29.0 Å². The number of aromatic amines is 1. The second-order valence-electron chi connectivity index (χ2n) is 11.7. The maximum absolute atomic E-state index is 12.6. The van der Waals surface area contributed by atoms with E-state index in [0.717, 1.165) is 80.0 Å².